The summed E-state index contributed by atoms with van der Waals surface area (Å²) in [6.45, 7) is 0. The van der Waals surface area contributed by atoms with Gasteiger partial charge in [0.2, 0.25) is 5.91 Å². The zero-order chi connectivity index (χ0) is 15.6. The molecule has 0 bridgehead atoms. The normalized spacial score (nSPS) is 13.7. The molecule has 4 rings (SSSR count). The Kier molecular flexibility index (Phi) is 3.67. The summed E-state index contributed by atoms with van der Waals surface area (Å²) in [5, 5.41) is 6.02. The van der Waals surface area contributed by atoms with Crippen LogP contribution in [-0.2, 0) is 4.79 Å². The molecule has 1 heterocycles. The van der Waals surface area contributed by atoms with Crippen molar-refractivity contribution in [2.75, 3.05) is 5.32 Å². The van der Waals surface area contributed by atoms with Crippen LogP contribution >= 0.6 is 11.3 Å². The van der Waals surface area contributed by atoms with Crippen molar-refractivity contribution >= 4 is 22.9 Å². The van der Waals surface area contributed by atoms with Gasteiger partial charge in [-0.25, -0.2) is 4.98 Å². The Morgan fingerprint density at radius 2 is 1.83 bits per heavy atom. The molecule has 114 valence electrons. The molecule has 1 aliphatic rings. The highest BCUT2D eigenvalue weighted by atomic mass is 32.1. The van der Waals surface area contributed by atoms with Gasteiger partial charge in [-0.2, -0.15) is 0 Å². The number of amides is 1. The third-order valence-corrected chi connectivity index (χ3v) is 4.79. The van der Waals surface area contributed by atoms with E-state index < -0.39 is 0 Å². The number of carbonyl (C=O) groups excluding carboxylic acids is 1. The predicted molar refractivity (Wildman–Crippen MR) is 94.3 cm³/mol. The second kappa shape index (κ2) is 5.97. The number of benzene rings is 2. The van der Waals surface area contributed by atoms with Gasteiger partial charge in [0.05, 0.1) is 5.69 Å². The molecular formula is C19H16N2OS. The molecule has 0 aliphatic heterocycles. The minimum absolute atomic E-state index is 0.131. The Balaban J connectivity index is 1.58. The van der Waals surface area contributed by atoms with Crippen LogP contribution in [-0.4, -0.2) is 10.9 Å². The maximum atomic E-state index is 11.9. The Labute approximate surface area is 139 Å². The van der Waals surface area contributed by atoms with E-state index in [1.165, 1.54) is 0 Å². The van der Waals surface area contributed by atoms with Crippen molar-refractivity contribution in [3.63, 3.8) is 0 Å². The molecule has 0 spiro atoms. The molecule has 1 aliphatic carbocycles. The Morgan fingerprint density at radius 3 is 2.61 bits per heavy atom. The van der Waals surface area contributed by atoms with Gasteiger partial charge < -0.3 is 5.32 Å². The van der Waals surface area contributed by atoms with Crippen molar-refractivity contribution in [1.29, 1.82) is 0 Å². The van der Waals surface area contributed by atoms with Crippen molar-refractivity contribution in [3.05, 3.63) is 60.0 Å². The maximum absolute atomic E-state index is 11.9. The van der Waals surface area contributed by atoms with E-state index in [-0.39, 0.29) is 11.8 Å². The molecule has 4 heteroatoms. The van der Waals surface area contributed by atoms with E-state index in [4.69, 9.17) is 4.98 Å². The molecule has 1 saturated carbocycles. The van der Waals surface area contributed by atoms with Crippen molar-refractivity contribution in [2.24, 2.45) is 5.92 Å². The summed E-state index contributed by atoms with van der Waals surface area (Å²) in [5.74, 6) is 0.342. The van der Waals surface area contributed by atoms with Gasteiger partial charge in [0.15, 0.2) is 0 Å². The Morgan fingerprint density at radius 1 is 1.04 bits per heavy atom. The molecular weight excluding hydrogens is 304 g/mol. The van der Waals surface area contributed by atoms with Crippen molar-refractivity contribution < 1.29 is 4.79 Å². The van der Waals surface area contributed by atoms with Gasteiger partial charge in [-0.05, 0) is 25.0 Å². The van der Waals surface area contributed by atoms with Crippen LogP contribution in [0.25, 0.3) is 21.8 Å². The van der Waals surface area contributed by atoms with Gasteiger partial charge in [0.25, 0.3) is 0 Å². The fourth-order valence-corrected chi connectivity index (χ4v) is 3.29. The van der Waals surface area contributed by atoms with Crippen LogP contribution in [0.2, 0.25) is 0 Å². The number of nitrogens with zero attached hydrogens (tertiary/aromatic N) is 1. The lowest BCUT2D eigenvalue weighted by Crippen LogP contribution is -2.13. The molecule has 1 fully saturated rings. The molecule has 3 nitrogen and oxygen atoms in total. The van der Waals surface area contributed by atoms with Crippen LogP contribution in [0.1, 0.15) is 12.8 Å². The van der Waals surface area contributed by atoms with Crippen molar-refractivity contribution in [1.82, 2.24) is 4.98 Å². The first-order chi connectivity index (χ1) is 11.3. The van der Waals surface area contributed by atoms with Gasteiger partial charge in [-0.3, -0.25) is 4.79 Å². The predicted octanol–water partition coefficient (Wildman–Crippen LogP) is 4.83. The number of thiazole rings is 1. The molecule has 1 amide bonds. The zero-order valence-corrected chi connectivity index (χ0v) is 13.3. The average Bonchev–Trinajstić information content (AvgIpc) is 3.33. The second-order valence-corrected chi connectivity index (χ2v) is 6.61. The first kappa shape index (κ1) is 14.2. The van der Waals surface area contributed by atoms with Crippen LogP contribution in [0.4, 0.5) is 5.69 Å². The fraction of sp³-hybridized carbons (Fsp3) is 0.158. The number of aromatic nitrogens is 1. The summed E-state index contributed by atoms with van der Waals surface area (Å²) in [6, 6.07) is 18.1. The van der Waals surface area contributed by atoms with E-state index in [9.17, 15) is 4.79 Å². The molecule has 0 unspecified atom stereocenters. The lowest BCUT2D eigenvalue weighted by atomic mass is 10.2. The number of hydrogen-bond acceptors (Lipinski definition) is 3. The lowest BCUT2D eigenvalue weighted by molar-refractivity contribution is -0.117. The Bertz CT molecular complexity index is 837. The van der Waals surface area contributed by atoms with Crippen LogP contribution < -0.4 is 5.32 Å². The SMILES string of the molecule is O=C(Nc1cccc(-c2nc(-c3ccccc3)cs2)c1)C1CC1. The maximum Gasteiger partial charge on any atom is 0.227 e. The molecule has 3 aromatic rings. The first-order valence-electron chi connectivity index (χ1n) is 7.72. The van der Waals surface area contributed by atoms with Crippen LogP contribution in [0.5, 0.6) is 0 Å². The van der Waals surface area contributed by atoms with E-state index >= 15 is 0 Å². The summed E-state index contributed by atoms with van der Waals surface area (Å²) in [7, 11) is 0. The van der Waals surface area contributed by atoms with E-state index in [0.717, 1.165) is 40.4 Å². The van der Waals surface area contributed by atoms with Gasteiger partial charge in [0.1, 0.15) is 5.01 Å². The van der Waals surface area contributed by atoms with E-state index in [1.807, 2.05) is 42.5 Å². The monoisotopic (exact) mass is 320 g/mol. The minimum Gasteiger partial charge on any atom is -0.326 e. The number of carbonyl (C=O) groups is 1. The van der Waals surface area contributed by atoms with Gasteiger partial charge in [0, 0.05) is 28.1 Å². The molecule has 1 aromatic heterocycles. The molecule has 0 radical (unpaired) electrons. The Hall–Kier alpha value is -2.46. The van der Waals surface area contributed by atoms with E-state index in [2.05, 4.69) is 22.8 Å². The van der Waals surface area contributed by atoms with Crippen molar-refractivity contribution in [3.8, 4) is 21.8 Å². The van der Waals surface area contributed by atoms with E-state index in [0.29, 0.717) is 0 Å². The summed E-state index contributed by atoms with van der Waals surface area (Å²) >= 11 is 1.62. The fourth-order valence-electron chi connectivity index (χ4n) is 2.47. The highest BCUT2D eigenvalue weighted by Crippen LogP contribution is 2.32. The summed E-state index contributed by atoms with van der Waals surface area (Å²) in [5.41, 5.74) is 3.98. The van der Waals surface area contributed by atoms with Gasteiger partial charge >= 0.3 is 0 Å². The van der Waals surface area contributed by atoms with Crippen LogP contribution in [0.3, 0.4) is 0 Å². The average molecular weight is 320 g/mol. The summed E-state index contributed by atoms with van der Waals surface area (Å²) < 4.78 is 0. The second-order valence-electron chi connectivity index (χ2n) is 5.75. The minimum atomic E-state index is 0.131. The lowest BCUT2D eigenvalue weighted by Gasteiger charge is -2.05. The third kappa shape index (κ3) is 3.17. The standard InChI is InChI=1S/C19H16N2OS/c22-18(14-9-10-14)20-16-8-4-7-15(11-16)19-21-17(12-23-19)13-5-2-1-3-6-13/h1-8,11-12,14H,9-10H2,(H,20,22). The summed E-state index contributed by atoms with van der Waals surface area (Å²) in [4.78, 5) is 16.6. The highest BCUT2D eigenvalue weighted by molar-refractivity contribution is 7.13. The molecule has 2 aromatic carbocycles. The largest absolute Gasteiger partial charge is 0.326 e. The van der Waals surface area contributed by atoms with Crippen LogP contribution in [0, 0.1) is 5.92 Å². The molecule has 0 saturated heterocycles. The van der Waals surface area contributed by atoms with Crippen LogP contribution in [0.15, 0.2) is 60.0 Å². The first-order valence-corrected chi connectivity index (χ1v) is 8.60. The molecule has 23 heavy (non-hydrogen) atoms. The number of nitrogens with one attached hydrogen (secondary N) is 1. The van der Waals surface area contributed by atoms with Gasteiger partial charge in [-0.15, -0.1) is 11.3 Å². The summed E-state index contributed by atoms with van der Waals surface area (Å²) in [6.07, 6.45) is 2.02. The number of hydrogen-bond donors (Lipinski definition) is 1. The van der Waals surface area contributed by atoms with Crippen molar-refractivity contribution in [2.45, 2.75) is 12.8 Å². The number of rotatable bonds is 4. The smallest absolute Gasteiger partial charge is 0.227 e. The quantitative estimate of drug-likeness (QED) is 0.748. The highest BCUT2D eigenvalue weighted by Gasteiger charge is 2.29. The third-order valence-electron chi connectivity index (χ3n) is 3.90. The molecule has 0 atom stereocenters. The molecule has 1 N–H and O–H groups in total. The number of anilines is 1. The van der Waals surface area contributed by atoms with Gasteiger partial charge in [-0.1, -0.05) is 42.5 Å². The zero-order valence-electron chi connectivity index (χ0n) is 12.5. The van der Waals surface area contributed by atoms with E-state index in [1.54, 1.807) is 11.3 Å². The topological polar surface area (TPSA) is 42.0 Å².